The molecule has 4 rings (SSSR count). The van der Waals surface area contributed by atoms with Crippen molar-refractivity contribution in [2.75, 3.05) is 6.61 Å². The highest BCUT2D eigenvalue weighted by Gasteiger charge is 2.54. The number of halogens is 2. The van der Waals surface area contributed by atoms with Gasteiger partial charge in [-0.1, -0.05) is 24.3 Å². The van der Waals surface area contributed by atoms with E-state index in [0.29, 0.717) is 5.69 Å². The first-order chi connectivity index (χ1) is 12.0. The summed E-state index contributed by atoms with van der Waals surface area (Å²) in [4.78, 5) is 12.7. The molecule has 25 heavy (non-hydrogen) atoms. The number of ether oxygens (including phenoxy) is 1. The van der Waals surface area contributed by atoms with Gasteiger partial charge in [0.1, 0.15) is 23.6 Å². The minimum absolute atomic E-state index is 0.225. The van der Waals surface area contributed by atoms with E-state index in [1.54, 1.807) is 19.1 Å². The third-order valence-corrected chi connectivity index (χ3v) is 4.61. The molecule has 0 radical (unpaired) electrons. The first-order valence-corrected chi connectivity index (χ1v) is 7.84. The highest BCUT2D eigenvalue weighted by molar-refractivity contribution is 5.32. The Morgan fingerprint density at radius 1 is 1.20 bits per heavy atom. The van der Waals surface area contributed by atoms with Gasteiger partial charge in [-0.15, -0.1) is 0 Å². The third-order valence-electron chi connectivity index (χ3n) is 4.61. The van der Waals surface area contributed by atoms with Crippen LogP contribution >= 0.6 is 0 Å². The molecule has 1 aromatic heterocycles. The zero-order valence-electron chi connectivity index (χ0n) is 13.4. The minimum atomic E-state index is -1.02. The molecule has 0 spiro atoms. The quantitative estimate of drug-likeness (QED) is 0.685. The molecule has 2 aromatic carbocycles. The Kier molecular flexibility index (Phi) is 3.54. The number of epoxide rings is 1. The summed E-state index contributed by atoms with van der Waals surface area (Å²) in [5, 5.41) is 4.16. The number of para-hydroxylation sites is 1. The molecular weight excluding hydrogens is 328 g/mol. The van der Waals surface area contributed by atoms with E-state index in [2.05, 4.69) is 5.10 Å². The van der Waals surface area contributed by atoms with E-state index >= 15 is 0 Å². The minimum Gasteiger partial charge on any atom is -0.362 e. The maximum Gasteiger partial charge on any atom is 0.350 e. The van der Waals surface area contributed by atoms with E-state index in [1.807, 2.05) is 18.2 Å². The van der Waals surface area contributed by atoms with Crippen molar-refractivity contribution in [2.24, 2.45) is 0 Å². The monoisotopic (exact) mass is 343 g/mol. The Balaban J connectivity index is 1.74. The van der Waals surface area contributed by atoms with Gasteiger partial charge < -0.3 is 4.74 Å². The van der Waals surface area contributed by atoms with Crippen LogP contribution in [0.15, 0.2) is 59.7 Å². The maximum absolute atomic E-state index is 14.2. The molecule has 5 nitrogen and oxygen atoms in total. The summed E-state index contributed by atoms with van der Waals surface area (Å²) in [5.74, 6) is -1.35. The summed E-state index contributed by atoms with van der Waals surface area (Å²) >= 11 is 0. The highest BCUT2D eigenvalue weighted by atomic mass is 19.1. The lowest BCUT2D eigenvalue weighted by Crippen LogP contribution is -2.33. The summed E-state index contributed by atoms with van der Waals surface area (Å²) in [6.07, 6.45) is 1.42. The van der Waals surface area contributed by atoms with Crippen LogP contribution in [0.3, 0.4) is 0 Å². The van der Waals surface area contributed by atoms with E-state index in [0.717, 1.165) is 6.07 Å². The highest BCUT2D eigenvalue weighted by Crippen LogP contribution is 2.48. The Labute approximate surface area is 142 Å². The topological polar surface area (TPSA) is 52.4 Å². The number of nitrogens with zero attached hydrogens (tertiary/aromatic N) is 3. The SMILES string of the molecule is C[C@@H](n1ncn(-c2ccccc2)c1=O)[C@@]1(c2ccc(F)cc2F)CO1. The van der Waals surface area contributed by atoms with Gasteiger partial charge in [-0.3, -0.25) is 0 Å². The summed E-state index contributed by atoms with van der Waals surface area (Å²) < 4.78 is 35.6. The van der Waals surface area contributed by atoms with Crippen LogP contribution in [0.25, 0.3) is 5.69 Å². The summed E-state index contributed by atoms with van der Waals surface area (Å²) in [7, 11) is 0. The largest absolute Gasteiger partial charge is 0.362 e. The van der Waals surface area contributed by atoms with Gasteiger partial charge in [-0.2, -0.15) is 5.10 Å². The molecule has 0 bridgehead atoms. The molecule has 0 N–H and O–H groups in total. The fourth-order valence-electron chi connectivity index (χ4n) is 3.08. The van der Waals surface area contributed by atoms with Crippen molar-refractivity contribution >= 4 is 0 Å². The molecule has 1 fully saturated rings. The second-order valence-electron chi connectivity index (χ2n) is 6.04. The van der Waals surface area contributed by atoms with E-state index in [1.165, 1.54) is 27.7 Å². The Morgan fingerprint density at radius 3 is 2.56 bits per heavy atom. The van der Waals surface area contributed by atoms with Crippen LogP contribution in [0.1, 0.15) is 18.5 Å². The van der Waals surface area contributed by atoms with Crippen molar-refractivity contribution in [3.8, 4) is 5.69 Å². The molecule has 2 atom stereocenters. The van der Waals surface area contributed by atoms with Gasteiger partial charge in [0.05, 0.1) is 18.3 Å². The molecule has 1 aliphatic rings. The normalized spacial score (nSPS) is 20.4. The molecule has 128 valence electrons. The van der Waals surface area contributed by atoms with Crippen molar-refractivity contribution in [3.63, 3.8) is 0 Å². The molecule has 0 saturated carbocycles. The van der Waals surface area contributed by atoms with Crippen molar-refractivity contribution < 1.29 is 13.5 Å². The zero-order chi connectivity index (χ0) is 17.6. The van der Waals surface area contributed by atoms with Crippen LogP contribution in [-0.2, 0) is 10.3 Å². The third kappa shape index (κ3) is 2.47. The summed E-state index contributed by atoms with van der Waals surface area (Å²) in [6.45, 7) is 1.97. The van der Waals surface area contributed by atoms with E-state index < -0.39 is 23.3 Å². The van der Waals surface area contributed by atoms with Gasteiger partial charge in [0.25, 0.3) is 0 Å². The molecule has 7 heteroatoms. The van der Waals surface area contributed by atoms with Crippen molar-refractivity contribution in [1.29, 1.82) is 0 Å². The molecule has 0 aliphatic carbocycles. The Bertz CT molecular complexity index is 977. The number of hydrogen-bond donors (Lipinski definition) is 0. The first kappa shape index (κ1) is 15.7. The van der Waals surface area contributed by atoms with Crippen LogP contribution in [0.5, 0.6) is 0 Å². The van der Waals surface area contributed by atoms with E-state index in [-0.39, 0.29) is 17.9 Å². The fourth-order valence-corrected chi connectivity index (χ4v) is 3.08. The van der Waals surface area contributed by atoms with Crippen molar-refractivity contribution in [2.45, 2.75) is 18.6 Å². The number of hydrogen-bond acceptors (Lipinski definition) is 3. The average Bonchev–Trinajstić information content (AvgIpc) is 3.32. The second-order valence-corrected chi connectivity index (χ2v) is 6.04. The standard InChI is InChI=1S/C18H15F2N3O2/c1-12(18(10-25-18)15-8-7-13(19)9-16(15)20)23-17(24)22(11-21-23)14-5-3-2-4-6-14/h2-9,11-12H,10H2,1H3/t12-,18-/m1/s1. The lowest BCUT2D eigenvalue weighted by atomic mass is 9.92. The number of aromatic nitrogens is 3. The zero-order valence-corrected chi connectivity index (χ0v) is 13.4. The lowest BCUT2D eigenvalue weighted by molar-refractivity contribution is 0.211. The molecule has 0 amide bonds. The average molecular weight is 343 g/mol. The van der Waals surface area contributed by atoms with Crippen molar-refractivity contribution in [1.82, 2.24) is 14.3 Å². The van der Waals surface area contributed by atoms with Crippen LogP contribution in [0.4, 0.5) is 8.78 Å². The van der Waals surface area contributed by atoms with Crippen LogP contribution in [0, 0.1) is 11.6 Å². The van der Waals surface area contributed by atoms with Crippen LogP contribution < -0.4 is 5.69 Å². The lowest BCUT2D eigenvalue weighted by Gasteiger charge is -2.20. The predicted octanol–water partition coefficient (Wildman–Crippen LogP) is 2.80. The van der Waals surface area contributed by atoms with E-state index in [4.69, 9.17) is 4.74 Å². The molecule has 3 aromatic rings. The van der Waals surface area contributed by atoms with Gasteiger partial charge in [-0.25, -0.2) is 22.8 Å². The number of benzene rings is 2. The first-order valence-electron chi connectivity index (χ1n) is 7.84. The smallest absolute Gasteiger partial charge is 0.350 e. The Morgan fingerprint density at radius 2 is 1.92 bits per heavy atom. The maximum atomic E-state index is 14.2. The summed E-state index contributed by atoms with van der Waals surface area (Å²) in [6, 6.07) is 11.9. The van der Waals surface area contributed by atoms with Gasteiger partial charge in [0.2, 0.25) is 0 Å². The Hall–Kier alpha value is -2.80. The van der Waals surface area contributed by atoms with Crippen molar-refractivity contribution in [3.05, 3.63) is 82.5 Å². The predicted molar refractivity (Wildman–Crippen MR) is 86.5 cm³/mol. The molecule has 1 aliphatic heterocycles. The van der Waals surface area contributed by atoms with Gasteiger partial charge in [0, 0.05) is 11.6 Å². The van der Waals surface area contributed by atoms with E-state index in [9.17, 15) is 13.6 Å². The van der Waals surface area contributed by atoms with Crippen LogP contribution in [-0.4, -0.2) is 21.0 Å². The number of rotatable bonds is 4. The molecule has 0 unspecified atom stereocenters. The van der Waals surface area contributed by atoms with Gasteiger partial charge in [0.15, 0.2) is 0 Å². The van der Waals surface area contributed by atoms with Crippen LogP contribution in [0.2, 0.25) is 0 Å². The molecule has 1 saturated heterocycles. The van der Waals surface area contributed by atoms with Gasteiger partial charge >= 0.3 is 5.69 Å². The molecule has 2 heterocycles. The second kappa shape index (κ2) is 5.63. The van der Waals surface area contributed by atoms with Gasteiger partial charge in [-0.05, 0) is 25.1 Å². The molecular formula is C18H15F2N3O2. The summed E-state index contributed by atoms with van der Waals surface area (Å²) in [5.41, 5.74) is -0.458. The fraction of sp³-hybridized carbons (Fsp3) is 0.222.